The summed E-state index contributed by atoms with van der Waals surface area (Å²) in [6.45, 7) is 4.35. The minimum Gasteiger partial charge on any atom is -0.307 e. The molecule has 2 rings (SSSR count). The van der Waals surface area contributed by atoms with Crippen LogP contribution in [-0.4, -0.2) is 6.04 Å². The number of halogens is 2. The lowest BCUT2D eigenvalue weighted by atomic mass is 10.1. The molecule has 1 heterocycles. The van der Waals surface area contributed by atoms with Gasteiger partial charge in [0, 0.05) is 22.0 Å². The van der Waals surface area contributed by atoms with E-state index >= 15 is 0 Å². The minimum atomic E-state index is 0.312. The van der Waals surface area contributed by atoms with Crippen LogP contribution in [0.2, 0.25) is 9.36 Å². The first-order valence-electron chi connectivity index (χ1n) is 6.30. The second-order valence-electron chi connectivity index (χ2n) is 4.77. The fourth-order valence-corrected chi connectivity index (χ4v) is 3.43. The molecule has 1 aromatic carbocycles. The van der Waals surface area contributed by atoms with Crippen LogP contribution in [-0.2, 0) is 6.42 Å². The smallest absolute Gasteiger partial charge is 0.0931 e. The summed E-state index contributed by atoms with van der Waals surface area (Å²) < 4.78 is 0.839. The molecule has 2 aromatic rings. The molecular formula is C15H17Cl2NS. The zero-order valence-electron chi connectivity index (χ0n) is 11.0. The zero-order chi connectivity index (χ0) is 13.8. The van der Waals surface area contributed by atoms with Crippen LogP contribution in [0.1, 0.15) is 30.3 Å². The molecule has 1 aromatic heterocycles. The fourth-order valence-electron chi connectivity index (χ4n) is 2.15. The molecule has 2 atom stereocenters. The number of nitrogens with one attached hydrogen (secondary N) is 1. The van der Waals surface area contributed by atoms with Crippen molar-refractivity contribution >= 4 is 34.5 Å². The molecule has 2 unspecified atom stereocenters. The molecule has 0 saturated heterocycles. The molecule has 0 amide bonds. The van der Waals surface area contributed by atoms with E-state index < -0.39 is 0 Å². The third-order valence-electron chi connectivity index (χ3n) is 2.99. The maximum absolute atomic E-state index is 6.00. The average Bonchev–Trinajstić information content (AvgIpc) is 2.75. The monoisotopic (exact) mass is 313 g/mol. The molecule has 0 saturated carbocycles. The van der Waals surface area contributed by atoms with E-state index in [2.05, 4.69) is 31.3 Å². The fraction of sp³-hybridized carbons (Fsp3) is 0.333. The van der Waals surface area contributed by atoms with Crippen LogP contribution in [0, 0.1) is 0 Å². The van der Waals surface area contributed by atoms with E-state index in [0.717, 1.165) is 15.8 Å². The maximum Gasteiger partial charge on any atom is 0.0931 e. The van der Waals surface area contributed by atoms with Crippen LogP contribution < -0.4 is 5.32 Å². The molecule has 1 nitrogen and oxygen atoms in total. The van der Waals surface area contributed by atoms with Crippen molar-refractivity contribution in [2.45, 2.75) is 32.4 Å². The molecule has 1 N–H and O–H groups in total. The summed E-state index contributed by atoms with van der Waals surface area (Å²) in [6.07, 6.45) is 0.962. The highest BCUT2D eigenvalue weighted by molar-refractivity contribution is 7.16. The van der Waals surface area contributed by atoms with Crippen LogP contribution in [0.4, 0.5) is 0 Å². The molecule has 0 aliphatic heterocycles. The topological polar surface area (TPSA) is 12.0 Å². The summed E-state index contributed by atoms with van der Waals surface area (Å²) in [5.41, 5.74) is 1.25. The number of rotatable bonds is 5. The molecule has 0 aliphatic carbocycles. The van der Waals surface area contributed by atoms with Crippen molar-refractivity contribution in [3.63, 3.8) is 0 Å². The Bertz CT molecular complexity index is 538. The third kappa shape index (κ3) is 4.50. The van der Waals surface area contributed by atoms with Crippen molar-refractivity contribution in [3.05, 3.63) is 56.2 Å². The molecule has 19 heavy (non-hydrogen) atoms. The molecule has 0 fully saturated rings. The van der Waals surface area contributed by atoms with Gasteiger partial charge < -0.3 is 5.32 Å². The normalized spacial score (nSPS) is 14.3. The Balaban J connectivity index is 1.92. The van der Waals surface area contributed by atoms with E-state index in [-0.39, 0.29) is 0 Å². The van der Waals surface area contributed by atoms with Gasteiger partial charge in [0.15, 0.2) is 0 Å². The lowest BCUT2D eigenvalue weighted by molar-refractivity contribution is 0.482. The van der Waals surface area contributed by atoms with Gasteiger partial charge in [-0.3, -0.25) is 0 Å². The lowest BCUT2D eigenvalue weighted by Gasteiger charge is -2.19. The lowest BCUT2D eigenvalue weighted by Crippen LogP contribution is -2.30. The second-order valence-corrected chi connectivity index (χ2v) is 6.95. The van der Waals surface area contributed by atoms with Gasteiger partial charge in [0.05, 0.1) is 4.34 Å². The first kappa shape index (κ1) is 14.9. The van der Waals surface area contributed by atoms with Crippen LogP contribution in [0.5, 0.6) is 0 Å². The number of benzene rings is 1. The van der Waals surface area contributed by atoms with Gasteiger partial charge in [-0.25, -0.2) is 0 Å². The van der Waals surface area contributed by atoms with Gasteiger partial charge in [0.2, 0.25) is 0 Å². The van der Waals surface area contributed by atoms with E-state index in [1.54, 1.807) is 11.3 Å². The van der Waals surface area contributed by atoms with Crippen molar-refractivity contribution in [3.8, 4) is 0 Å². The van der Waals surface area contributed by atoms with Crippen LogP contribution >= 0.6 is 34.5 Å². The van der Waals surface area contributed by atoms with Crippen molar-refractivity contribution < 1.29 is 0 Å². The first-order valence-corrected chi connectivity index (χ1v) is 7.87. The van der Waals surface area contributed by atoms with E-state index in [1.165, 1.54) is 10.4 Å². The van der Waals surface area contributed by atoms with E-state index in [9.17, 15) is 0 Å². The van der Waals surface area contributed by atoms with Gasteiger partial charge in [0.1, 0.15) is 0 Å². The quantitative estimate of drug-likeness (QED) is 0.786. The highest BCUT2D eigenvalue weighted by Crippen LogP contribution is 2.27. The van der Waals surface area contributed by atoms with Gasteiger partial charge >= 0.3 is 0 Å². The Morgan fingerprint density at radius 1 is 1.16 bits per heavy atom. The SMILES string of the molecule is CC(Cc1cccc(Cl)c1)NC(C)c1ccc(Cl)s1. The minimum absolute atomic E-state index is 0.312. The van der Waals surface area contributed by atoms with E-state index in [4.69, 9.17) is 23.2 Å². The van der Waals surface area contributed by atoms with Crippen molar-refractivity contribution in [1.29, 1.82) is 0 Å². The average molecular weight is 314 g/mol. The summed E-state index contributed by atoms with van der Waals surface area (Å²) in [6, 6.07) is 12.7. The molecule has 0 aliphatic rings. The highest BCUT2D eigenvalue weighted by Gasteiger charge is 2.12. The van der Waals surface area contributed by atoms with Crippen LogP contribution in [0.15, 0.2) is 36.4 Å². The van der Waals surface area contributed by atoms with E-state index in [1.807, 2.05) is 24.3 Å². The van der Waals surface area contributed by atoms with Crippen molar-refractivity contribution in [2.75, 3.05) is 0 Å². The van der Waals surface area contributed by atoms with E-state index in [0.29, 0.717) is 12.1 Å². The van der Waals surface area contributed by atoms with Gasteiger partial charge in [-0.15, -0.1) is 11.3 Å². The molecule has 0 spiro atoms. The maximum atomic E-state index is 6.00. The van der Waals surface area contributed by atoms with Crippen molar-refractivity contribution in [1.82, 2.24) is 5.32 Å². The standard InChI is InChI=1S/C15H17Cl2NS/c1-10(8-12-4-3-5-13(16)9-12)18-11(2)14-6-7-15(17)19-14/h3-7,9-11,18H,8H2,1-2H3. The van der Waals surface area contributed by atoms with Crippen LogP contribution in [0.25, 0.3) is 0 Å². The molecule has 0 bridgehead atoms. The highest BCUT2D eigenvalue weighted by atomic mass is 35.5. The Kier molecular flexibility index (Phi) is 5.28. The van der Waals surface area contributed by atoms with Gasteiger partial charge in [-0.2, -0.15) is 0 Å². The first-order chi connectivity index (χ1) is 9.04. The molecule has 4 heteroatoms. The predicted molar refractivity (Wildman–Crippen MR) is 85.5 cm³/mol. The van der Waals surface area contributed by atoms with Crippen molar-refractivity contribution in [2.24, 2.45) is 0 Å². The Morgan fingerprint density at radius 2 is 1.95 bits per heavy atom. The zero-order valence-corrected chi connectivity index (χ0v) is 13.3. The summed E-state index contributed by atoms with van der Waals surface area (Å²) in [4.78, 5) is 1.27. The summed E-state index contributed by atoms with van der Waals surface area (Å²) in [5, 5.41) is 4.38. The summed E-state index contributed by atoms with van der Waals surface area (Å²) in [5.74, 6) is 0. The largest absolute Gasteiger partial charge is 0.307 e. The summed E-state index contributed by atoms with van der Waals surface area (Å²) in [7, 11) is 0. The van der Waals surface area contributed by atoms with Gasteiger partial charge in [-0.05, 0) is 50.1 Å². The predicted octanol–water partition coefficient (Wildman–Crippen LogP) is 5.34. The Morgan fingerprint density at radius 3 is 2.58 bits per heavy atom. The Hall–Kier alpha value is -0.540. The molecule has 0 radical (unpaired) electrons. The number of hydrogen-bond acceptors (Lipinski definition) is 2. The molecular weight excluding hydrogens is 297 g/mol. The van der Waals surface area contributed by atoms with Gasteiger partial charge in [0.25, 0.3) is 0 Å². The number of hydrogen-bond donors (Lipinski definition) is 1. The number of thiophene rings is 1. The Labute approximate surface area is 128 Å². The summed E-state index contributed by atoms with van der Waals surface area (Å²) >= 11 is 13.6. The van der Waals surface area contributed by atoms with Crippen LogP contribution in [0.3, 0.4) is 0 Å². The molecule has 102 valence electrons. The second kappa shape index (κ2) is 6.76. The third-order valence-corrected chi connectivity index (χ3v) is 4.64. The van der Waals surface area contributed by atoms with Gasteiger partial charge in [-0.1, -0.05) is 35.3 Å².